The molecule has 2 aromatic rings. The van der Waals surface area contributed by atoms with Crippen LogP contribution in [0.1, 0.15) is 44.7 Å². The lowest BCUT2D eigenvalue weighted by Gasteiger charge is -2.20. The van der Waals surface area contributed by atoms with Crippen molar-refractivity contribution >= 4 is 29.8 Å². The number of carbonyl (C=O) groups excluding carboxylic acids is 5. The monoisotopic (exact) mass is 524 g/mol. The number of hydrogen-bond acceptors (Lipinski definition) is 7. The van der Waals surface area contributed by atoms with Crippen molar-refractivity contribution in [3.63, 3.8) is 0 Å². The van der Waals surface area contributed by atoms with E-state index in [9.17, 15) is 24.0 Å². The van der Waals surface area contributed by atoms with E-state index in [0.29, 0.717) is 0 Å². The summed E-state index contributed by atoms with van der Waals surface area (Å²) in [5.41, 5.74) is 4.35. The Labute approximate surface area is 220 Å². The number of rotatable bonds is 10. The van der Waals surface area contributed by atoms with Crippen molar-refractivity contribution in [3.05, 3.63) is 59.7 Å². The molecule has 1 aliphatic rings. The molecule has 0 fully saturated rings. The van der Waals surface area contributed by atoms with E-state index >= 15 is 0 Å². The second-order valence-electron chi connectivity index (χ2n) is 8.97. The standard InChI is InChI=1S/C27H32N4O7/c1-15(24(33)28-14-38-18(4)32)29-25(34)16(2)30-26(35)17(3)31-27(36)37-13-23-21-11-7-5-9-19(21)20-10-6-8-12-22(20)23/h5-12,15-17,23H,13-14H2,1-4H3,(H,28,33)(H,29,34)(H,30,35)(H,31,36)/t15-,16+,17-/m0/s1. The number of esters is 1. The lowest BCUT2D eigenvalue weighted by molar-refractivity contribution is -0.143. The first-order valence-corrected chi connectivity index (χ1v) is 12.2. The van der Waals surface area contributed by atoms with E-state index in [0.717, 1.165) is 22.3 Å². The smallest absolute Gasteiger partial charge is 0.407 e. The molecule has 2 aromatic carbocycles. The molecule has 0 unspecified atom stereocenters. The SMILES string of the molecule is CC(=O)OCNC(=O)[C@H](C)NC(=O)[C@@H](C)NC(=O)[C@H](C)NC(=O)OCC1c2ccccc2-c2ccccc21. The summed E-state index contributed by atoms with van der Waals surface area (Å²) in [5.74, 6) is -2.45. The maximum atomic E-state index is 12.5. The predicted molar refractivity (Wildman–Crippen MR) is 138 cm³/mol. The third kappa shape index (κ3) is 7.09. The quantitative estimate of drug-likeness (QED) is 0.272. The van der Waals surface area contributed by atoms with Crippen molar-refractivity contribution in [2.24, 2.45) is 0 Å². The highest BCUT2D eigenvalue weighted by Gasteiger charge is 2.29. The Kier molecular flexibility index (Phi) is 9.42. The minimum atomic E-state index is -0.988. The van der Waals surface area contributed by atoms with Gasteiger partial charge in [0.15, 0.2) is 6.73 Å². The van der Waals surface area contributed by atoms with Crippen molar-refractivity contribution in [2.75, 3.05) is 13.3 Å². The van der Waals surface area contributed by atoms with Crippen LogP contribution in [0.4, 0.5) is 4.79 Å². The Hall–Kier alpha value is -4.41. The van der Waals surface area contributed by atoms with E-state index in [-0.39, 0.29) is 19.3 Å². The van der Waals surface area contributed by atoms with Crippen LogP contribution in [0.15, 0.2) is 48.5 Å². The number of ether oxygens (including phenoxy) is 2. The Bertz CT molecular complexity index is 1170. The molecule has 0 aliphatic heterocycles. The summed E-state index contributed by atoms with van der Waals surface area (Å²) in [6, 6.07) is 13.0. The van der Waals surface area contributed by atoms with E-state index in [4.69, 9.17) is 4.74 Å². The number of alkyl carbamates (subject to hydrolysis) is 1. The van der Waals surface area contributed by atoms with E-state index < -0.39 is 47.9 Å². The third-order valence-corrected chi connectivity index (χ3v) is 6.10. The van der Waals surface area contributed by atoms with Gasteiger partial charge in [-0.2, -0.15) is 0 Å². The molecule has 0 bridgehead atoms. The number of carbonyl (C=O) groups is 5. The minimum absolute atomic E-state index is 0.102. The van der Waals surface area contributed by atoms with Gasteiger partial charge in [0.1, 0.15) is 24.7 Å². The fourth-order valence-corrected chi connectivity index (χ4v) is 4.05. The molecule has 3 rings (SSSR count). The van der Waals surface area contributed by atoms with Crippen molar-refractivity contribution in [1.29, 1.82) is 0 Å². The fourth-order valence-electron chi connectivity index (χ4n) is 4.05. The molecule has 0 aromatic heterocycles. The molecular formula is C27H32N4O7. The van der Waals surface area contributed by atoms with Crippen LogP contribution >= 0.6 is 0 Å². The zero-order valence-electron chi connectivity index (χ0n) is 21.7. The average Bonchev–Trinajstić information content (AvgIpc) is 3.20. The van der Waals surface area contributed by atoms with Crippen LogP contribution in [-0.2, 0) is 28.7 Å². The highest BCUT2D eigenvalue weighted by Crippen LogP contribution is 2.44. The number of amides is 4. The van der Waals surface area contributed by atoms with Gasteiger partial charge in [0.2, 0.25) is 17.7 Å². The molecule has 11 heteroatoms. The summed E-state index contributed by atoms with van der Waals surface area (Å²) in [5, 5.41) is 9.75. The van der Waals surface area contributed by atoms with Gasteiger partial charge in [-0.25, -0.2) is 4.79 Å². The molecule has 0 saturated carbocycles. The predicted octanol–water partition coefficient (Wildman–Crippen LogP) is 1.56. The van der Waals surface area contributed by atoms with Crippen molar-refractivity contribution in [2.45, 2.75) is 51.7 Å². The molecule has 0 heterocycles. The second kappa shape index (κ2) is 12.7. The Morgan fingerprint density at radius 1 is 0.711 bits per heavy atom. The number of hydrogen-bond donors (Lipinski definition) is 4. The van der Waals surface area contributed by atoms with Gasteiger partial charge in [-0.1, -0.05) is 48.5 Å². The van der Waals surface area contributed by atoms with Gasteiger partial charge in [0.25, 0.3) is 0 Å². The first-order valence-electron chi connectivity index (χ1n) is 12.2. The number of benzene rings is 2. The number of fused-ring (bicyclic) bond motifs is 3. The van der Waals surface area contributed by atoms with Gasteiger partial charge < -0.3 is 30.7 Å². The highest BCUT2D eigenvalue weighted by molar-refractivity contribution is 5.93. The maximum Gasteiger partial charge on any atom is 0.407 e. The second-order valence-corrected chi connectivity index (χ2v) is 8.97. The average molecular weight is 525 g/mol. The first-order chi connectivity index (χ1) is 18.1. The molecule has 3 atom stereocenters. The normalized spacial score (nSPS) is 14.1. The van der Waals surface area contributed by atoms with E-state index in [2.05, 4.69) is 26.0 Å². The van der Waals surface area contributed by atoms with Gasteiger partial charge in [-0.15, -0.1) is 0 Å². The molecular weight excluding hydrogens is 492 g/mol. The summed E-state index contributed by atoms with van der Waals surface area (Å²) >= 11 is 0. The van der Waals surface area contributed by atoms with Crippen LogP contribution in [0, 0.1) is 0 Å². The van der Waals surface area contributed by atoms with Crippen molar-refractivity contribution < 1.29 is 33.4 Å². The van der Waals surface area contributed by atoms with Crippen LogP contribution in [0.2, 0.25) is 0 Å². The van der Waals surface area contributed by atoms with Crippen LogP contribution in [0.3, 0.4) is 0 Å². The summed E-state index contributed by atoms with van der Waals surface area (Å²) in [4.78, 5) is 60.0. The topological polar surface area (TPSA) is 152 Å². The van der Waals surface area contributed by atoms with Crippen molar-refractivity contribution in [1.82, 2.24) is 21.3 Å². The van der Waals surface area contributed by atoms with Crippen LogP contribution in [0.25, 0.3) is 11.1 Å². The Morgan fingerprint density at radius 3 is 1.71 bits per heavy atom. The molecule has 1 aliphatic carbocycles. The third-order valence-electron chi connectivity index (χ3n) is 6.10. The lowest BCUT2D eigenvalue weighted by Crippen LogP contribution is -2.54. The lowest BCUT2D eigenvalue weighted by atomic mass is 9.98. The van der Waals surface area contributed by atoms with Gasteiger partial charge in [0.05, 0.1) is 0 Å². The maximum absolute atomic E-state index is 12.5. The Morgan fingerprint density at radius 2 is 1.18 bits per heavy atom. The van der Waals surface area contributed by atoms with Gasteiger partial charge >= 0.3 is 12.1 Å². The van der Waals surface area contributed by atoms with Crippen LogP contribution in [-0.4, -0.2) is 61.2 Å². The minimum Gasteiger partial charge on any atom is -0.449 e. The largest absolute Gasteiger partial charge is 0.449 e. The zero-order valence-corrected chi connectivity index (χ0v) is 21.7. The summed E-state index contributed by atoms with van der Waals surface area (Å²) in [6.45, 7) is 5.33. The van der Waals surface area contributed by atoms with Crippen molar-refractivity contribution in [3.8, 4) is 11.1 Å². The summed E-state index contributed by atoms with van der Waals surface area (Å²) < 4.78 is 10.1. The summed E-state index contributed by atoms with van der Waals surface area (Å²) in [6.07, 6.45) is -0.760. The van der Waals surface area contributed by atoms with E-state index in [1.807, 2.05) is 48.5 Å². The number of nitrogens with one attached hydrogen (secondary N) is 4. The zero-order chi connectivity index (χ0) is 27.8. The molecule has 202 valence electrons. The van der Waals surface area contributed by atoms with Gasteiger partial charge in [-0.3, -0.25) is 19.2 Å². The van der Waals surface area contributed by atoms with Gasteiger partial charge in [0, 0.05) is 12.8 Å². The van der Waals surface area contributed by atoms with E-state index in [1.165, 1.54) is 27.7 Å². The van der Waals surface area contributed by atoms with E-state index in [1.54, 1.807) is 0 Å². The molecule has 11 nitrogen and oxygen atoms in total. The molecule has 0 radical (unpaired) electrons. The fraction of sp³-hybridized carbons (Fsp3) is 0.370. The van der Waals surface area contributed by atoms with Gasteiger partial charge in [-0.05, 0) is 43.0 Å². The highest BCUT2D eigenvalue weighted by atomic mass is 16.5. The molecule has 0 saturated heterocycles. The van der Waals surface area contributed by atoms with Crippen LogP contribution in [0.5, 0.6) is 0 Å². The molecule has 4 amide bonds. The molecule has 38 heavy (non-hydrogen) atoms. The first kappa shape index (κ1) is 28.2. The Balaban J connectivity index is 1.45. The summed E-state index contributed by atoms with van der Waals surface area (Å²) in [7, 11) is 0. The molecule has 4 N–H and O–H groups in total. The van der Waals surface area contributed by atoms with Crippen LogP contribution < -0.4 is 21.3 Å². The molecule has 0 spiro atoms.